The number of para-hydroxylation sites is 3. The monoisotopic (exact) mass is 555 g/mol. The summed E-state index contributed by atoms with van der Waals surface area (Å²) in [4.78, 5) is 18.3. The highest BCUT2D eigenvalue weighted by atomic mass is 15.1. The van der Waals surface area contributed by atoms with E-state index in [9.17, 15) is 0 Å². The average molecular weight is 556 g/mol. The largest absolute Gasteiger partial charge is 0.355 e. The van der Waals surface area contributed by atoms with E-state index in [-0.39, 0.29) is 0 Å². The van der Waals surface area contributed by atoms with Crippen LogP contribution in [0.2, 0.25) is 0 Å². The molecule has 0 unspecified atom stereocenters. The van der Waals surface area contributed by atoms with Gasteiger partial charge in [0.1, 0.15) is 0 Å². The van der Waals surface area contributed by atoms with Crippen LogP contribution in [0.1, 0.15) is 22.8 Å². The lowest BCUT2D eigenvalue weighted by Gasteiger charge is -2.25. The first-order valence-corrected chi connectivity index (χ1v) is 14.2. The molecule has 0 saturated heterocycles. The van der Waals surface area contributed by atoms with E-state index < -0.39 is 0 Å². The van der Waals surface area contributed by atoms with Crippen molar-refractivity contribution in [3.8, 4) is 0 Å². The SMILES string of the molecule is C1=Cc2cc3ccc(cc4nc(cc5ccc(cc1n2)[nH]5)C=C4)[nH]3.c1ccc(N(c2ccccc2)c2ccccc2)cc1. The van der Waals surface area contributed by atoms with Gasteiger partial charge in [-0.15, -0.1) is 0 Å². The molecule has 206 valence electrons. The molecule has 0 saturated carbocycles. The van der Waals surface area contributed by atoms with Crippen LogP contribution in [0.3, 0.4) is 0 Å². The van der Waals surface area contributed by atoms with Gasteiger partial charge >= 0.3 is 0 Å². The normalized spacial score (nSPS) is 11.5. The second-order valence-corrected chi connectivity index (χ2v) is 10.2. The molecule has 2 aliphatic rings. The summed E-state index contributed by atoms with van der Waals surface area (Å²) in [6.45, 7) is 0. The van der Waals surface area contributed by atoms with Crippen molar-refractivity contribution in [2.75, 3.05) is 4.90 Å². The van der Waals surface area contributed by atoms with Gasteiger partial charge in [0.25, 0.3) is 0 Å². The maximum Gasteiger partial charge on any atom is 0.0658 e. The Labute approximate surface area is 250 Å². The van der Waals surface area contributed by atoms with E-state index in [0.29, 0.717) is 0 Å². The summed E-state index contributed by atoms with van der Waals surface area (Å²) >= 11 is 0. The van der Waals surface area contributed by atoms with Crippen molar-refractivity contribution in [1.82, 2.24) is 19.9 Å². The number of nitrogens with one attached hydrogen (secondary N) is 2. The molecular formula is C38H29N5. The van der Waals surface area contributed by atoms with Gasteiger partial charge in [-0.25, -0.2) is 9.97 Å². The van der Waals surface area contributed by atoms with E-state index in [1.54, 1.807) is 0 Å². The average Bonchev–Trinajstić information content (AvgIpc) is 3.86. The smallest absolute Gasteiger partial charge is 0.0658 e. The fourth-order valence-corrected chi connectivity index (χ4v) is 5.12. The fourth-order valence-electron chi connectivity index (χ4n) is 5.12. The number of fused-ring (bicyclic) bond motifs is 8. The number of aromatic amines is 2. The van der Waals surface area contributed by atoms with Crippen LogP contribution in [-0.4, -0.2) is 19.9 Å². The molecule has 5 heterocycles. The molecule has 5 heteroatoms. The number of benzene rings is 3. The van der Waals surface area contributed by atoms with Crippen molar-refractivity contribution in [3.63, 3.8) is 0 Å². The minimum Gasteiger partial charge on any atom is -0.355 e. The Kier molecular flexibility index (Phi) is 7.19. The topological polar surface area (TPSA) is 60.6 Å². The summed E-state index contributed by atoms with van der Waals surface area (Å²) in [5.41, 5.74) is 11.4. The zero-order valence-electron chi connectivity index (χ0n) is 23.4. The van der Waals surface area contributed by atoms with Gasteiger partial charge in [-0.1, -0.05) is 54.6 Å². The van der Waals surface area contributed by atoms with Crippen LogP contribution >= 0.6 is 0 Å². The zero-order chi connectivity index (χ0) is 28.8. The Hall–Kier alpha value is -5.94. The highest BCUT2D eigenvalue weighted by molar-refractivity contribution is 5.78. The molecule has 0 radical (unpaired) electrons. The first kappa shape index (κ1) is 26.0. The van der Waals surface area contributed by atoms with Crippen molar-refractivity contribution in [2.45, 2.75) is 0 Å². The lowest BCUT2D eigenvalue weighted by atomic mass is 10.2. The van der Waals surface area contributed by atoms with Gasteiger partial charge in [0.15, 0.2) is 0 Å². The molecule has 8 rings (SSSR count). The van der Waals surface area contributed by atoms with Crippen LogP contribution in [-0.2, 0) is 0 Å². The Balaban J connectivity index is 0.000000144. The van der Waals surface area contributed by atoms with E-state index in [1.807, 2.05) is 66.8 Å². The van der Waals surface area contributed by atoms with Gasteiger partial charge in [0.05, 0.1) is 22.8 Å². The number of hydrogen-bond acceptors (Lipinski definition) is 3. The Morgan fingerprint density at radius 1 is 0.349 bits per heavy atom. The van der Waals surface area contributed by atoms with E-state index in [4.69, 9.17) is 0 Å². The van der Waals surface area contributed by atoms with Crippen molar-refractivity contribution in [2.24, 2.45) is 0 Å². The summed E-state index contributed by atoms with van der Waals surface area (Å²) in [6.07, 6.45) is 8.09. The van der Waals surface area contributed by atoms with Gasteiger partial charge in [-0.2, -0.15) is 0 Å². The lowest BCUT2D eigenvalue weighted by molar-refractivity contribution is 1.28. The second-order valence-electron chi connectivity index (χ2n) is 10.2. The number of hydrogen-bond donors (Lipinski definition) is 2. The number of aromatic nitrogens is 4. The molecule has 0 aliphatic carbocycles. The lowest BCUT2D eigenvalue weighted by Crippen LogP contribution is -2.09. The minimum atomic E-state index is 0.939. The summed E-state index contributed by atoms with van der Waals surface area (Å²) < 4.78 is 0. The van der Waals surface area contributed by atoms with Crippen molar-refractivity contribution < 1.29 is 0 Å². The molecule has 0 spiro atoms. The van der Waals surface area contributed by atoms with Crippen LogP contribution in [0.5, 0.6) is 0 Å². The molecule has 6 aromatic rings. The van der Waals surface area contributed by atoms with E-state index >= 15 is 0 Å². The minimum absolute atomic E-state index is 0.939. The van der Waals surface area contributed by atoms with Crippen molar-refractivity contribution in [3.05, 3.63) is 162 Å². The standard InChI is InChI=1S/C20H14N4.C18H15N/c1-2-14-10-16-5-6-18(23-16)12-20-8-7-19(24-20)11-17-4-3-15(22-17)9-13(1)21-14;1-4-10-16(11-5-1)19(17-12-6-2-7-13-17)18-14-8-3-9-15-18/h1-12,21,24H;1-15H. The molecule has 5 nitrogen and oxygen atoms in total. The molecule has 3 aromatic carbocycles. The number of H-pyrrole nitrogens is 2. The molecular weight excluding hydrogens is 526 g/mol. The summed E-state index contributed by atoms with van der Waals surface area (Å²) in [7, 11) is 0. The highest BCUT2D eigenvalue weighted by Crippen LogP contribution is 2.33. The van der Waals surface area contributed by atoms with Gasteiger partial charge in [-0.3, -0.25) is 0 Å². The molecule has 2 N–H and O–H groups in total. The first-order chi connectivity index (χ1) is 21.2. The molecule has 0 atom stereocenters. The van der Waals surface area contributed by atoms with Crippen molar-refractivity contribution in [1.29, 1.82) is 0 Å². The second kappa shape index (κ2) is 11.9. The van der Waals surface area contributed by atoms with Crippen LogP contribution < -0.4 is 4.90 Å². The van der Waals surface area contributed by atoms with Gasteiger partial charge < -0.3 is 14.9 Å². The predicted octanol–water partition coefficient (Wildman–Crippen LogP) is 9.81. The zero-order valence-corrected chi connectivity index (χ0v) is 23.4. The van der Waals surface area contributed by atoms with Crippen LogP contribution in [0, 0.1) is 0 Å². The third kappa shape index (κ3) is 6.21. The molecule has 8 bridgehead atoms. The first-order valence-electron chi connectivity index (χ1n) is 14.2. The third-order valence-corrected chi connectivity index (χ3v) is 7.09. The quantitative estimate of drug-likeness (QED) is 0.228. The van der Waals surface area contributed by atoms with Gasteiger partial charge in [0.2, 0.25) is 0 Å². The summed E-state index contributed by atoms with van der Waals surface area (Å²) in [5.74, 6) is 0. The van der Waals surface area contributed by atoms with Crippen LogP contribution in [0.25, 0.3) is 46.4 Å². The molecule has 0 fully saturated rings. The molecule has 43 heavy (non-hydrogen) atoms. The van der Waals surface area contributed by atoms with Gasteiger partial charge in [-0.05, 0) is 109 Å². The maximum atomic E-state index is 4.63. The fraction of sp³-hybridized carbons (Fsp3) is 0. The Bertz CT molecular complexity index is 1800. The van der Waals surface area contributed by atoms with Gasteiger partial charge in [0, 0.05) is 39.1 Å². The van der Waals surface area contributed by atoms with E-state index in [0.717, 1.165) is 44.8 Å². The molecule has 3 aromatic heterocycles. The summed E-state index contributed by atoms with van der Waals surface area (Å²) in [6, 6.07) is 47.6. The molecule has 0 amide bonds. The number of rotatable bonds is 3. The summed E-state index contributed by atoms with van der Waals surface area (Å²) in [5, 5.41) is 0. The highest BCUT2D eigenvalue weighted by Gasteiger charge is 2.10. The Morgan fingerprint density at radius 2 is 0.628 bits per heavy atom. The van der Waals surface area contributed by atoms with Crippen LogP contribution in [0.15, 0.2) is 140 Å². The van der Waals surface area contributed by atoms with E-state index in [1.165, 1.54) is 17.1 Å². The predicted molar refractivity (Wildman–Crippen MR) is 180 cm³/mol. The maximum absolute atomic E-state index is 4.63. The number of anilines is 3. The third-order valence-electron chi connectivity index (χ3n) is 7.09. The van der Waals surface area contributed by atoms with Crippen LogP contribution in [0.4, 0.5) is 17.1 Å². The Morgan fingerprint density at radius 3 is 0.907 bits per heavy atom. The number of nitrogens with zero attached hydrogens (tertiary/aromatic N) is 3. The molecule has 2 aliphatic heterocycles. The van der Waals surface area contributed by atoms with E-state index in [2.05, 4.69) is 122 Å². The van der Waals surface area contributed by atoms with Crippen molar-refractivity contribution >= 4 is 63.4 Å².